The average molecular weight is 345 g/mol. The summed E-state index contributed by atoms with van der Waals surface area (Å²) in [5.74, 6) is 0.772. The van der Waals surface area contributed by atoms with Crippen molar-refractivity contribution in [3.8, 4) is 11.1 Å². The van der Waals surface area contributed by atoms with Crippen molar-refractivity contribution in [3.05, 3.63) is 82.0 Å². The van der Waals surface area contributed by atoms with Crippen LogP contribution < -0.4 is 10.9 Å². The molecule has 0 fully saturated rings. The van der Waals surface area contributed by atoms with Gasteiger partial charge < -0.3 is 14.8 Å². The maximum absolute atomic E-state index is 11.7. The Morgan fingerprint density at radius 2 is 1.85 bits per heavy atom. The van der Waals surface area contributed by atoms with E-state index in [0.29, 0.717) is 6.54 Å². The molecule has 0 amide bonds. The van der Waals surface area contributed by atoms with Crippen LogP contribution in [-0.2, 0) is 6.54 Å². The molecule has 130 valence electrons. The number of hydrogen-bond donors (Lipinski definition) is 2. The monoisotopic (exact) mass is 345 g/mol. The molecule has 2 aromatic heterocycles. The van der Waals surface area contributed by atoms with Crippen LogP contribution in [0.3, 0.4) is 0 Å². The van der Waals surface area contributed by atoms with Crippen molar-refractivity contribution < 1.29 is 4.52 Å². The zero-order valence-corrected chi connectivity index (χ0v) is 14.7. The van der Waals surface area contributed by atoms with Crippen molar-refractivity contribution in [2.75, 3.05) is 5.32 Å². The zero-order valence-electron chi connectivity index (χ0n) is 14.7. The second-order valence-electron chi connectivity index (χ2n) is 6.31. The Morgan fingerprint density at radius 3 is 2.58 bits per heavy atom. The maximum atomic E-state index is 11.7. The summed E-state index contributed by atoms with van der Waals surface area (Å²) in [6.45, 7) is 4.52. The third-order valence-corrected chi connectivity index (χ3v) is 4.52. The molecule has 5 heteroatoms. The lowest BCUT2D eigenvalue weighted by Gasteiger charge is -2.15. The number of nitrogens with one attached hydrogen (secondary N) is 2. The average Bonchev–Trinajstić information content (AvgIpc) is 2.98. The molecular formula is C21H19N3O2. The van der Waals surface area contributed by atoms with Crippen LogP contribution in [0, 0.1) is 13.8 Å². The van der Waals surface area contributed by atoms with E-state index < -0.39 is 0 Å². The van der Waals surface area contributed by atoms with Gasteiger partial charge in [-0.15, -0.1) is 0 Å². The first-order valence-corrected chi connectivity index (χ1v) is 8.50. The van der Waals surface area contributed by atoms with Gasteiger partial charge >= 0.3 is 0 Å². The predicted molar refractivity (Wildman–Crippen MR) is 103 cm³/mol. The molecule has 0 saturated carbocycles. The van der Waals surface area contributed by atoms with E-state index in [1.54, 1.807) is 6.07 Å². The Balaban J connectivity index is 1.88. The molecule has 0 aliphatic heterocycles. The van der Waals surface area contributed by atoms with Crippen LogP contribution in [0.4, 0.5) is 5.69 Å². The lowest BCUT2D eigenvalue weighted by molar-refractivity contribution is 0.393. The molecule has 5 nitrogen and oxygen atoms in total. The van der Waals surface area contributed by atoms with Gasteiger partial charge in [-0.2, -0.15) is 0 Å². The van der Waals surface area contributed by atoms with Gasteiger partial charge in [0.05, 0.1) is 16.9 Å². The van der Waals surface area contributed by atoms with E-state index in [2.05, 4.69) is 27.6 Å². The number of hydrogen-bond acceptors (Lipinski definition) is 4. The van der Waals surface area contributed by atoms with Crippen LogP contribution in [0.1, 0.15) is 17.0 Å². The third-order valence-electron chi connectivity index (χ3n) is 4.52. The second kappa shape index (κ2) is 6.52. The number of benzene rings is 2. The molecule has 2 aromatic carbocycles. The summed E-state index contributed by atoms with van der Waals surface area (Å²) in [6, 6.07) is 17.5. The molecule has 0 bridgehead atoms. The van der Waals surface area contributed by atoms with Crippen LogP contribution in [0.5, 0.6) is 0 Å². The summed E-state index contributed by atoms with van der Waals surface area (Å²) in [6.07, 6.45) is 0. The second-order valence-corrected chi connectivity index (χ2v) is 6.31. The lowest BCUT2D eigenvalue weighted by Crippen LogP contribution is -2.06. The number of nitrogens with zero attached hydrogens (tertiary/aromatic N) is 1. The molecule has 0 spiro atoms. The minimum atomic E-state index is -0.114. The number of aromatic nitrogens is 2. The van der Waals surface area contributed by atoms with Crippen molar-refractivity contribution in [2.24, 2.45) is 0 Å². The molecular weight excluding hydrogens is 326 g/mol. The van der Waals surface area contributed by atoms with Gasteiger partial charge in [0, 0.05) is 29.1 Å². The van der Waals surface area contributed by atoms with Crippen molar-refractivity contribution in [3.63, 3.8) is 0 Å². The number of H-pyrrole nitrogens is 1. The van der Waals surface area contributed by atoms with Crippen molar-refractivity contribution >= 4 is 16.6 Å². The molecule has 0 atom stereocenters. The molecule has 4 aromatic rings. The summed E-state index contributed by atoms with van der Waals surface area (Å²) in [7, 11) is 0. The molecule has 0 aliphatic rings. The number of rotatable bonds is 4. The lowest BCUT2D eigenvalue weighted by atomic mass is 9.98. The topological polar surface area (TPSA) is 70.9 Å². The van der Waals surface area contributed by atoms with Crippen LogP contribution in [0.15, 0.2) is 63.9 Å². The van der Waals surface area contributed by atoms with Crippen LogP contribution in [0.25, 0.3) is 22.0 Å². The number of fused-ring (bicyclic) bond motifs is 1. The fourth-order valence-electron chi connectivity index (χ4n) is 3.29. The molecule has 2 N–H and O–H groups in total. The standard InChI is InChI=1S/C21H19N3O2/c1-13-20(14(2)26-24-13)17-8-10-18-16(9-11-19(25)23-18)21(17)22-12-15-6-4-3-5-7-15/h3-11,22H,12H2,1-2H3,(H,23,25). The van der Waals surface area contributed by atoms with E-state index in [1.165, 1.54) is 5.56 Å². The predicted octanol–water partition coefficient (Wildman–Crippen LogP) is 4.41. The van der Waals surface area contributed by atoms with Crippen LogP contribution in [0.2, 0.25) is 0 Å². The van der Waals surface area contributed by atoms with Gasteiger partial charge in [-0.3, -0.25) is 4.79 Å². The Labute approximate surface area is 150 Å². The molecule has 26 heavy (non-hydrogen) atoms. The highest BCUT2D eigenvalue weighted by atomic mass is 16.5. The molecule has 0 unspecified atom stereocenters. The van der Waals surface area contributed by atoms with E-state index in [0.717, 1.165) is 39.2 Å². The SMILES string of the molecule is Cc1noc(C)c1-c1ccc2[nH]c(=O)ccc2c1NCc1ccccc1. The Hall–Kier alpha value is -3.34. The fourth-order valence-corrected chi connectivity index (χ4v) is 3.29. The summed E-state index contributed by atoms with van der Waals surface area (Å²) in [5, 5.41) is 8.59. The maximum Gasteiger partial charge on any atom is 0.248 e. The number of aromatic amines is 1. The molecule has 2 heterocycles. The van der Waals surface area contributed by atoms with Gasteiger partial charge in [-0.1, -0.05) is 35.5 Å². The third kappa shape index (κ3) is 2.88. The Kier molecular flexibility index (Phi) is 4.05. The molecule has 0 aliphatic carbocycles. The Bertz CT molecular complexity index is 1110. The van der Waals surface area contributed by atoms with Crippen molar-refractivity contribution in [1.82, 2.24) is 10.1 Å². The van der Waals surface area contributed by atoms with Gasteiger partial charge in [0.1, 0.15) is 5.76 Å². The number of pyridine rings is 1. The van der Waals surface area contributed by atoms with Gasteiger partial charge in [0.15, 0.2) is 0 Å². The van der Waals surface area contributed by atoms with Crippen LogP contribution in [-0.4, -0.2) is 10.1 Å². The zero-order chi connectivity index (χ0) is 18.1. The van der Waals surface area contributed by atoms with Gasteiger partial charge in [0.2, 0.25) is 5.56 Å². The van der Waals surface area contributed by atoms with Gasteiger partial charge in [-0.05, 0) is 37.6 Å². The normalized spacial score (nSPS) is 11.0. The van der Waals surface area contributed by atoms with E-state index in [-0.39, 0.29) is 5.56 Å². The highest BCUT2D eigenvalue weighted by molar-refractivity contribution is 6.00. The molecule has 0 saturated heterocycles. The van der Waals surface area contributed by atoms with E-state index >= 15 is 0 Å². The summed E-state index contributed by atoms with van der Waals surface area (Å²) >= 11 is 0. The minimum Gasteiger partial charge on any atom is -0.380 e. The van der Waals surface area contributed by atoms with E-state index in [4.69, 9.17) is 4.52 Å². The quantitative estimate of drug-likeness (QED) is 0.575. The van der Waals surface area contributed by atoms with Crippen LogP contribution >= 0.6 is 0 Å². The Morgan fingerprint density at radius 1 is 1.04 bits per heavy atom. The first-order valence-electron chi connectivity index (χ1n) is 8.50. The van der Waals surface area contributed by atoms with Crippen molar-refractivity contribution in [2.45, 2.75) is 20.4 Å². The molecule has 0 radical (unpaired) electrons. The fraction of sp³-hybridized carbons (Fsp3) is 0.143. The first kappa shape index (κ1) is 16.1. The van der Waals surface area contributed by atoms with Gasteiger partial charge in [-0.25, -0.2) is 0 Å². The molecule has 4 rings (SSSR count). The van der Waals surface area contributed by atoms with E-state index in [1.807, 2.05) is 50.2 Å². The summed E-state index contributed by atoms with van der Waals surface area (Å²) in [4.78, 5) is 14.6. The van der Waals surface area contributed by atoms with Crippen molar-refractivity contribution in [1.29, 1.82) is 0 Å². The van der Waals surface area contributed by atoms with E-state index in [9.17, 15) is 4.79 Å². The highest BCUT2D eigenvalue weighted by Gasteiger charge is 2.17. The number of aryl methyl sites for hydroxylation is 2. The largest absolute Gasteiger partial charge is 0.380 e. The number of anilines is 1. The summed E-state index contributed by atoms with van der Waals surface area (Å²) in [5.41, 5.74) is 5.65. The smallest absolute Gasteiger partial charge is 0.248 e. The summed E-state index contributed by atoms with van der Waals surface area (Å²) < 4.78 is 5.36. The highest BCUT2D eigenvalue weighted by Crippen LogP contribution is 2.37. The minimum absolute atomic E-state index is 0.114. The first-order chi connectivity index (χ1) is 12.6. The van der Waals surface area contributed by atoms with Gasteiger partial charge in [0.25, 0.3) is 0 Å².